The Labute approximate surface area is 118 Å². The third kappa shape index (κ3) is 4.10. The van der Waals surface area contributed by atoms with Crippen molar-refractivity contribution >= 4 is 28.8 Å². The number of likely N-dealkylation sites (N-methyl/N-ethyl adjacent to an activating group) is 1. The minimum Gasteiger partial charge on any atom is -0.497 e. The topological polar surface area (TPSA) is 76.4 Å². The van der Waals surface area contributed by atoms with Crippen molar-refractivity contribution < 1.29 is 9.53 Å². The lowest BCUT2D eigenvalue weighted by Crippen LogP contribution is -2.37. The molecule has 1 aromatic carbocycles. The van der Waals surface area contributed by atoms with Gasteiger partial charge in [0.1, 0.15) is 16.8 Å². The van der Waals surface area contributed by atoms with Crippen molar-refractivity contribution in [1.82, 2.24) is 5.32 Å². The van der Waals surface area contributed by atoms with Crippen molar-refractivity contribution in [3.63, 3.8) is 0 Å². The SMILES string of the molecule is CCNC(=O)C(C)Nc1cc(OC)ccc1C(N)=S. The Bertz CT molecular complexity index is 477. The maximum atomic E-state index is 11.7. The van der Waals surface area contributed by atoms with Gasteiger partial charge < -0.3 is 21.1 Å². The molecule has 0 heterocycles. The van der Waals surface area contributed by atoms with Crippen LogP contribution in [0.1, 0.15) is 19.4 Å². The molecule has 104 valence electrons. The Balaban J connectivity index is 2.97. The van der Waals surface area contributed by atoms with Gasteiger partial charge in [-0.25, -0.2) is 0 Å². The Hall–Kier alpha value is -1.82. The van der Waals surface area contributed by atoms with Crippen molar-refractivity contribution in [1.29, 1.82) is 0 Å². The first-order chi connectivity index (χ1) is 8.99. The zero-order valence-electron chi connectivity index (χ0n) is 11.3. The number of carbonyl (C=O) groups excluding carboxylic acids is 1. The second-order valence-corrected chi connectivity index (χ2v) is 4.48. The first-order valence-corrected chi connectivity index (χ1v) is 6.42. The molecule has 5 nitrogen and oxygen atoms in total. The summed E-state index contributed by atoms with van der Waals surface area (Å²) in [5.74, 6) is 0.588. The van der Waals surface area contributed by atoms with Crippen LogP contribution < -0.4 is 21.1 Å². The van der Waals surface area contributed by atoms with Gasteiger partial charge in [-0.2, -0.15) is 0 Å². The molecular weight excluding hydrogens is 262 g/mol. The number of nitrogens with one attached hydrogen (secondary N) is 2. The van der Waals surface area contributed by atoms with E-state index >= 15 is 0 Å². The largest absolute Gasteiger partial charge is 0.497 e. The second-order valence-electron chi connectivity index (χ2n) is 4.04. The molecule has 0 saturated carbocycles. The van der Waals surface area contributed by atoms with Crippen molar-refractivity contribution in [3.05, 3.63) is 23.8 Å². The van der Waals surface area contributed by atoms with Gasteiger partial charge in [-0.15, -0.1) is 0 Å². The third-order valence-electron chi connectivity index (χ3n) is 2.61. The smallest absolute Gasteiger partial charge is 0.242 e. The van der Waals surface area contributed by atoms with Crippen LogP contribution >= 0.6 is 12.2 Å². The number of hydrogen-bond acceptors (Lipinski definition) is 4. The minimum atomic E-state index is -0.389. The number of anilines is 1. The molecule has 0 aliphatic carbocycles. The Kier molecular flexibility index (Phi) is 5.57. The van der Waals surface area contributed by atoms with Gasteiger partial charge in [-0.3, -0.25) is 4.79 Å². The maximum absolute atomic E-state index is 11.7. The molecule has 1 unspecified atom stereocenters. The molecule has 1 amide bonds. The summed E-state index contributed by atoms with van der Waals surface area (Å²) in [4.78, 5) is 12.0. The first kappa shape index (κ1) is 15.2. The van der Waals surface area contributed by atoms with E-state index in [0.29, 0.717) is 23.5 Å². The standard InChI is InChI=1S/C13H19N3O2S/c1-4-15-13(17)8(2)16-11-7-9(18-3)5-6-10(11)12(14)19/h5-8,16H,4H2,1-3H3,(H2,14,19)(H,15,17). The lowest BCUT2D eigenvalue weighted by molar-refractivity contribution is -0.121. The highest BCUT2D eigenvalue weighted by Gasteiger charge is 2.14. The van der Waals surface area contributed by atoms with Crippen molar-refractivity contribution in [2.24, 2.45) is 5.73 Å². The quantitative estimate of drug-likeness (QED) is 0.685. The highest BCUT2D eigenvalue weighted by Crippen LogP contribution is 2.23. The molecule has 1 rings (SSSR count). The van der Waals surface area contributed by atoms with E-state index in [-0.39, 0.29) is 16.9 Å². The molecular formula is C13H19N3O2S. The number of methoxy groups -OCH3 is 1. The molecule has 0 saturated heterocycles. The van der Waals surface area contributed by atoms with E-state index in [0.717, 1.165) is 0 Å². The monoisotopic (exact) mass is 281 g/mol. The van der Waals surface area contributed by atoms with Gasteiger partial charge >= 0.3 is 0 Å². The Morgan fingerprint density at radius 2 is 2.21 bits per heavy atom. The highest BCUT2D eigenvalue weighted by molar-refractivity contribution is 7.80. The normalized spacial score (nSPS) is 11.5. The van der Waals surface area contributed by atoms with Gasteiger partial charge in [0.05, 0.1) is 7.11 Å². The van der Waals surface area contributed by atoms with E-state index in [4.69, 9.17) is 22.7 Å². The van der Waals surface area contributed by atoms with E-state index in [9.17, 15) is 4.79 Å². The van der Waals surface area contributed by atoms with Gasteiger partial charge in [-0.05, 0) is 26.0 Å². The third-order valence-corrected chi connectivity index (χ3v) is 2.83. The van der Waals surface area contributed by atoms with E-state index in [1.807, 2.05) is 6.92 Å². The molecule has 0 radical (unpaired) electrons. The predicted octanol–water partition coefficient (Wildman–Crippen LogP) is 1.27. The van der Waals surface area contributed by atoms with Crippen LogP contribution in [-0.4, -0.2) is 30.6 Å². The van der Waals surface area contributed by atoms with Crippen LogP contribution in [0.3, 0.4) is 0 Å². The molecule has 1 aromatic rings. The highest BCUT2D eigenvalue weighted by atomic mass is 32.1. The van der Waals surface area contributed by atoms with Crippen molar-refractivity contribution in [2.75, 3.05) is 19.0 Å². The molecule has 0 bridgehead atoms. The lowest BCUT2D eigenvalue weighted by Gasteiger charge is -2.18. The second kappa shape index (κ2) is 6.94. The van der Waals surface area contributed by atoms with Crippen LogP contribution in [0.25, 0.3) is 0 Å². The summed E-state index contributed by atoms with van der Waals surface area (Å²) in [6.45, 7) is 4.23. The van der Waals surface area contributed by atoms with Crippen LogP contribution in [-0.2, 0) is 4.79 Å². The number of ether oxygens (including phenoxy) is 1. The Morgan fingerprint density at radius 3 is 2.74 bits per heavy atom. The number of rotatable bonds is 6. The van der Waals surface area contributed by atoms with Gasteiger partial charge in [0, 0.05) is 23.9 Å². The van der Waals surface area contributed by atoms with Gasteiger partial charge in [-0.1, -0.05) is 12.2 Å². The molecule has 0 spiro atoms. The molecule has 1 atom stereocenters. The van der Waals surface area contributed by atoms with Gasteiger partial charge in [0.15, 0.2) is 0 Å². The fourth-order valence-electron chi connectivity index (χ4n) is 1.61. The van der Waals surface area contributed by atoms with Crippen LogP contribution in [0.4, 0.5) is 5.69 Å². The minimum absolute atomic E-state index is 0.0841. The molecule has 0 aliphatic heterocycles. The van der Waals surface area contributed by atoms with Crippen LogP contribution in [0.5, 0.6) is 5.75 Å². The van der Waals surface area contributed by atoms with E-state index in [1.54, 1.807) is 32.2 Å². The fourth-order valence-corrected chi connectivity index (χ4v) is 1.79. The lowest BCUT2D eigenvalue weighted by atomic mass is 10.1. The summed E-state index contributed by atoms with van der Waals surface area (Å²) in [5, 5.41) is 5.84. The summed E-state index contributed by atoms with van der Waals surface area (Å²) in [6, 6.07) is 4.93. The average Bonchev–Trinajstić information content (AvgIpc) is 2.38. The summed E-state index contributed by atoms with van der Waals surface area (Å²) in [7, 11) is 1.58. The van der Waals surface area contributed by atoms with Crippen molar-refractivity contribution in [2.45, 2.75) is 19.9 Å². The first-order valence-electron chi connectivity index (χ1n) is 6.01. The molecule has 0 fully saturated rings. The summed E-state index contributed by atoms with van der Waals surface area (Å²) in [5.41, 5.74) is 7.04. The van der Waals surface area contributed by atoms with Gasteiger partial charge in [0.25, 0.3) is 0 Å². The van der Waals surface area contributed by atoms with Crippen LogP contribution in [0.15, 0.2) is 18.2 Å². The zero-order chi connectivity index (χ0) is 14.4. The summed E-state index contributed by atoms with van der Waals surface area (Å²) >= 11 is 5.00. The van der Waals surface area contributed by atoms with Gasteiger partial charge in [0.2, 0.25) is 5.91 Å². The Morgan fingerprint density at radius 1 is 1.53 bits per heavy atom. The molecule has 0 aliphatic rings. The molecule has 6 heteroatoms. The molecule has 19 heavy (non-hydrogen) atoms. The predicted molar refractivity (Wildman–Crippen MR) is 80.6 cm³/mol. The number of carbonyl (C=O) groups is 1. The zero-order valence-corrected chi connectivity index (χ0v) is 12.1. The average molecular weight is 281 g/mol. The number of benzene rings is 1. The molecule has 4 N–H and O–H groups in total. The summed E-state index contributed by atoms with van der Waals surface area (Å²) < 4.78 is 5.15. The van der Waals surface area contributed by atoms with Crippen LogP contribution in [0.2, 0.25) is 0 Å². The van der Waals surface area contributed by atoms with Crippen molar-refractivity contribution in [3.8, 4) is 5.75 Å². The van der Waals surface area contributed by atoms with E-state index in [1.165, 1.54) is 0 Å². The van der Waals surface area contributed by atoms with Crippen LogP contribution in [0, 0.1) is 0 Å². The van der Waals surface area contributed by atoms with E-state index < -0.39 is 0 Å². The van der Waals surface area contributed by atoms with E-state index in [2.05, 4.69) is 10.6 Å². The number of hydrogen-bond donors (Lipinski definition) is 3. The fraction of sp³-hybridized carbons (Fsp3) is 0.385. The number of nitrogens with two attached hydrogens (primary N) is 1. The maximum Gasteiger partial charge on any atom is 0.242 e. The summed E-state index contributed by atoms with van der Waals surface area (Å²) in [6.07, 6.45) is 0. The molecule has 0 aromatic heterocycles. The number of amides is 1. The number of thiocarbonyl (C=S) groups is 1.